The molecule has 1 fully saturated rings. The SMILES string of the molecule is Cc1ccc(S(=O)(=O)N(CC(=O)N(CCc2ccccc2)[C@H](C)C(=O)NC2CCCCC2)c2cccc(Cl)c2)cc1. The molecule has 3 aromatic carbocycles. The Kier molecular flexibility index (Phi) is 10.5. The van der Waals surface area contributed by atoms with Crippen LogP contribution >= 0.6 is 11.6 Å². The van der Waals surface area contributed by atoms with Gasteiger partial charge in [0.05, 0.1) is 10.6 Å². The zero-order valence-electron chi connectivity index (χ0n) is 23.6. The first-order valence-corrected chi connectivity index (χ1v) is 16.0. The van der Waals surface area contributed by atoms with E-state index in [4.69, 9.17) is 11.6 Å². The van der Waals surface area contributed by atoms with Gasteiger partial charge in [0.25, 0.3) is 10.0 Å². The van der Waals surface area contributed by atoms with Crippen LogP contribution in [0.3, 0.4) is 0 Å². The van der Waals surface area contributed by atoms with Gasteiger partial charge in [0.1, 0.15) is 12.6 Å². The van der Waals surface area contributed by atoms with Crippen molar-refractivity contribution in [1.82, 2.24) is 10.2 Å². The van der Waals surface area contributed by atoms with Gasteiger partial charge in [-0.2, -0.15) is 0 Å². The summed E-state index contributed by atoms with van der Waals surface area (Å²) < 4.78 is 28.9. The average molecular weight is 596 g/mol. The first kappa shape index (κ1) is 30.6. The van der Waals surface area contributed by atoms with Gasteiger partial charge >= 0.3 is 0 Å². The van der Waals surface area contributed by atoms with E-state index >= 15 is 0 Å². The highest BCUT2D eigenvalue weighted by atomic mass is 35.5. The minimum Gasteiger partial charge on any atom is -0.352 e. The summed E-state index contributed by atoms with van der Waals surface area (Å²) >= 11 is 6.24. The minimum atomic E-state index is -4.13. The Labute approximate surface area is 248 Å². The quantitative estimate of drug-likeness (QED) is 0.306. The normalized spacial score (nSPS) is 14.7. The number of amides is 2. The monoisotopic (exact) mass is 595 g/mol. The summed E-state index contributed by atoms with van der Waals surface area (Å²) in [6.07, 6.45) is 5.68. The number of nitrogens with one attached hydrogen (secondary N) is 1. The van der Waals surface area contributed by atoms with E-state index in [9.17, 15) is 18.0 Å². The molecule has 0 saturated heterocycles. The van der Waals surface area contributed by atoms with E-state index in [-0.39, 0.29) is 29.1 Å². The van der Waals surface area contributed by atoms with E-state index in [2.05, 4.69) is 5.32 Å². The topological polar surface area (TPSA) is 86.8 Å². The molecule has 1 N–H and O–H groups in total. The highest BCUT2D eigenvalue weighted by molar-refractivity contribution is 7.92. The highest BCUT2D eigenvalue weighted by Crippen LogP contribution is 2.27. The zero-order valence-corrected chi connectivity index (χ0v) is 25.2. The summed E-state index contributed by atoms with van der Waals surface area (Å²) in [5.41, 5.74) is 2.21. The molecule has 4 rings (SSSR count). The van der Waals surface area contributed by atoms with E-state index in [1.165, 1.54) is 29.5 Å². The number of carbonyl (C=O) groups is 2. The number of benzene rings is 3. The molecule has 41 heavy (non-hydrogen) atoms. The molecule has 1 atom stereocenters. The van der Waals surface area contributed by atoms with E-state index in [0.29, 0.717) is 11.4 Å². The minimum absolute atomic E-state index is 0.0646. The Balaban J connectivity index is 1.63. The number of aryl methyl sites for hydroxylation is 1. The Morgan fingerprint density at radius 1 is 0.951 bits per heavy atom. The van der Waals surface area contributed by atoms with Crippen LogP contribution in [0.2, 0.25) is 5.02 Å². The number of hydrogen-bond acceptors (Lipinski definition) is 4. The number of halogens is 1. The molecular weight excluding hydrogens is 558 g/mol. The van der Waals surface area contributed by atoms with E-state index < -0.39 is 28.5 Å². The third-order valence-electron chi connectivity index (χ3n) is 7.59. The molecule has 3 aromatic rings. The van der Waals surface area contributed by atoms with Gasteiger partial charge in [-0.15, -0.1) is 0 Å². The number of anilines is 1. The van der Waals surface area contributed by atoms with Crippen LogP contribution in [0.4, 0.5) is 5.69 Å². The Morgan fingerprint density at radius 3 is 2.29 bits per heavy atom. The van der Waals surface area contributed by atoms with Crippen LogP contribution in [0, 0.1) is 6.92 Å². The molecule has 0 radical (unpaired) electrons. The molecule has 0 aliphatic heterocycles. The van der Waals surface area contributed by atoms with Gasteiger partial charge in [-0.25, -0.2) is 8.42 Å². The smallest absolute Gasteiger partial charge is 0.264 e. The van der Waals surface area contributed by atoms with Crippen LogP contribution < -0.4 is 9.62 Å². The largest absolute Gasteiger partial charge is 0.352 e. The van der Waals surface area contributed by atoms with Crippen LogP contribution in [-0.2, 0) is 26.0 Å². The van der Waals surface area contributed by atoms with E-state index in [0.717, 1.165) is 41.1 Å². The van der Waals surface area contributed by atoms with Crippen molar-refractivity contribution in [3.8, 4) is 0 Å². The van der Waals surface area contributed by atoms with Crippen LogP contribution in [-0.4, -0.2) is 50.3 Å². The first-order valence-electron chi connectivity index (χ1n) is 14.1. The fourth-order valence-electron chi connectivity index (χ4n) is 5.14. The molecule has 0 unspecified atom stereocenters. The second kappa shape index (κ2) is 14.0. The zero-order chi connectivity index (χ0) is 29.4. The van der Waals surface area contributed by atoms with Crippen LogP contribution in [0.15, 0.2) is 83.8 Å². The van der Waals surface area contributed by atoms with Crippen LogP contribution in [0.1, 0.15) is 50.2 Å². The predicted molar refractivity (Wildman–Crippen MR) is 163 cm³/mol. The Bertz CT molecular complexity index is 1420. The second-order valence-electron chi connectivity index (χ2n) is 10.6. The average Bonchev–Trinajstić information content (AvgIpc) is 2.97. The molecule has 1 aliphatic carbocycles. The number of hydrogen-bond donors (Lipinski definition) is 1. The van der Waals surface area contributed by atoms with Crippen LogP contribution in [0.5, 0.6) is 0 Å². The molecule has 2 amide bonds. The van der Waals surface area contributed by atoms with Crippen molar-refractivity contribution in [3.63, 3.8) is 0 Å². The molecule has 0 spiro atoms. The molecule has 0 bridgehead atoms. The second-order valence-corrected chi connectivity index (χ2v) is 12.9. The molecule has 1 aliphatic rings. The van der Waals surface area contributed by atoms with Crippen molar-refractivity contribution in [1.29, 1.82) is 0 Å². The third-order valence-corrected chi connectivity index (χ3v) is 9.61. The first-order chi connectivity index (χ1) is 19.6. The van der Waals surface area contributed by atoms with Crippen molar-refractivity contribution in [2.45, 2.75) is 69.4 Å². The molecule has 218 valence electrons. The highest BCUT2D eigenvalue weighted by Gasteiger charge is 2.33. The lowest BCUT2D eigenvalue weighted by atomic mass is 9.95. The molecule has 0 aromatic heterocycles. The number of sulfonamides is 1. The summed E-state index contributed by atoms with van der Waals surface area (Å²) in [5.74, 6) is -0.697. The van der Waals surface area contributed by atoms with Crippen molar-refractivity contribution < 1.29 is 18.0 Å². The van der Waals surface area contributed by atoms with Gasteiger partial charge in [0.2, 0.25) is 11.8 Å². The Hall–Kier alpha value is -3.36. The molecule has 0 heterocycles. The molecule has 7 nitrogen and oxygen atoms in total. The van der Waals surface area contributed by atoms with E-state index in [1.54, 1.807) is 37.3 Å². The van der Waals surface area contributed by atoms with Gasteiger partial charge < -0.3 is 10.2 Å². The van der Waals surface area contributed by atoms with Crippen molar-refractivity contribution in [3.05, 3.63) is 95.0 Å². The summed E-state index contributed by atoms with van der Waals surface area (Å²) in [6.45, 7) is 3.36. The summed E-state index contributed by atoms with van der Waals surface area (Å²) in [5, 5.41) is 3.47. The summed E-state index contributed by atoms with van der Waals surface area (Å²) in [6, 6.07) is 21.9. The Morgan fingerprint density at radius 2 is 1.63 bits per heavy atom. The lowest BCUT2D eigenvalue weighted by Crippen LogP contribution is -2.53. The molecule has 1 saturated carbocycles. The van der Waals surface area contributed by atoms with Gasteiger partial charge in [-0.05, 0) is 69.0 Å². The van der Waals surface area contributed by atoms with E-state index in [1.807, 2.05) is 37.3 Å². The standard InChI is InChI=1S/C32H38ClN3O4S/c1-24-16-18-30(19-17-24)41(39,40)36(29-15-9-12-27(33)22-29)23-31(37)35(21-20-26-10-5-3-6-11-26)25(2)32(38)34-28-13-7-4-8-14-28/h3,5-6,9-12,15-19,22,25,28H,4,7-8,13-14,20-21,23H2,1-2H3,(H,34,38)/t25-/m1/s1. The maximum atomic E-state index is 14.0. The van der Waals surface area contributed by atoms with Crippen molar-refractivity contribution in [2.75, 3.05) is 17.4 Å². The van der Waals surface area contributed by atoms with Gasteiger partial charge in [-0.3, -0.25) is 13.9 Å². The predicted octanol–water partition coefficient (Wildman–Crippen LogP) is 5.75. The van der Waals surface area contributed by atoms with Crippen LogP contribution in [0.25, 0.3) is 0 Å². The third kappa shape index (κ3) is 8.11. The van der Waals surface area contributed by atoms with Gasteiger partial charge in [0, 0.05) is 17.6 Å². The van der Waals surface area contributed by atoms with Crippen molar-refractivity contribution >= 4 is 39.1 Å². The summed E-state index contributed by atoms with van der Waals surface area (Å²) in [4.78, 5) is 28.9. The van der Waals surface area contributed by atoms with Crippen molar-refractivity contribution in [2.24, 2.45) is 0 Å². The van der Waals surface area contributed by atoms with Gasteiger partial charge in [0.15, 0.2) is 0 Å². The lowest BCUT2D eigenvalue weighted by Gasteiger charge is -2.33. The molecule has 9 heteroatoms. The van der Waals surface area contributed by atoms with Gasteiger partial charge in [-0.1, -0.05) is 85.0 Å². The number of carbonyl (C=O) groups excluding carboxylic acids is 2. The maximum Gasteiger partial charge on any atom is 0.264 e. The number of nitrogens with zero attached hydrogens (tertiary/aromatic N) is 2. The fourth-order valence-corrected chi connectivity index (χ4v) is 6.73. The lowest BCUT2D eigenvalue weighted by molar-refractivity contribution is -0.139. The number of rotatable bonds is 11. The maximum absolute atomic E-state index is 14.0. The molecular formula is C32H38ClN3O4S. The summed E-state index contributed by atoms with van der Waals surface area (Å²) in [7, 11) is -4.13. The fraction of sp³-hybridized carbons (Fsp3) is 0.375.